The second-order valence-corrected chi connectivity index (χ2v) is 5.26. The molecular weight excluding hydrogens is 302 g/mol. The van der Waals surface area contributed by atoms with E-state index in [1.54, 1.807) is 18.2 Å². The van der Waals surface area contributed by atoms with Gasteiger partial charge in [0.15, 0.2) is 5.96 Å². The van der Waals surface area contributed by atoms with Crippen molar-refractivity contribution >= 4 is 5.96 Å². The molecule has 1 rings (SSSR count). The number of nitrogens with zero attached hydrogens (tertiary/aromatic N) is 2. The first kappa shape index (κ1) is 19.2. The quantitative estimate of drug-likeness (QED) is 0.415. The van der Waals surface area contributed by atoms with E-state index in [-0.39, 0.29) is 12.3 Å². The van der Waals surface area contributed by atoms with Crippen molar-refractivity contribution in [1.82, 2.24) is 15.5 Å². The highest BCUT2D eigenvalue weighted by Gasteiger charge is 2.08. The Balaban J connectivity index is 2.62. The van der Waals surface area contributed by atoms with Crippen LogP contribution in [0.2, 0.25) is 0 Å². The van der Waals surface area contributed by atoms with E-state index in [0.29, 0.717) is 11.5 Å². The predicted octanol–water partition coefficient (Wildman–Crippen LogP) is 2.29. The third-order valence-corrected chi connectivity index (χ3v) is 3.01. The van der Waals surface area contributed by atoms with Crippen molar-refractivity contribution < 1.29 is 13.5 Å². The van der Waals surface area contributed by atoms with Crippen molar-refractivity contribution in [2.24, 2.45) is 4.99 Å². The van der Waals surface area contributed by atoms with Gasteiger partial charge in [-0.3, -0.25) is 0 Å². The van der Waals surface area contributed by atoms with Crippen LogP contribution in [0.1, 0.15) is 18.9 Å². The minimum atomic E-state index is -2.84. The number of aliphatic imine (C=N–C) groups is 1. The van der Waals surface area contributed by atoms with Crippen molar-refractivity contribution in [2.75, 3.05) is 33.7 Å². The zero-order valence-electron chi connectivity index (χ0n) is 14.0. The highest BCUT2D eigenvalue weighted by Crippen LogP contribution is 2.20. The third kappa shape index (κ3) is 8.35. The zero-order valence-corrected chi connectivity index (χ0v) is 14.0. The molecule has 0 aliphatic heterocycles. The molecule has 0 aromatic heterocycles. The van der Waals surface area contributed by atoms with Crippen LogP contribution in [0.4, 0.5) is 8.78 Å². The molecule has 130 valence electrons. The molecule has 1 aromatic rings. The standard InChI is InChI=1S/C16H26F2N4O/c1-4-19-16(20-10-7-11-22(2)3)21-12-13-8-5-6-9-14(13)23-15(17)18/h5-6,8-9,15H,4,7,10-12H2,1-3H3,(H2,19,20,21). The first-order valence-electron chi connectivity index (χ1n) is 7.72. The summed E-state index contributed by atoms with van der Waals surface area (Å²) in [5, 5.41) is 6.37. The number of hydrogen-bond donors (Lipinski definition) is 2. The van der Waals surface area contributed by atoms with Gasteiger partial charge in [0.05, 0.1) is 6.54 Å². The Morgan fingerprint density at radius 2 is 2.00 bits per heavy atom. The molecule has 0 atom stereocenters. The third-order valence-electron chi connectivity index (χ3n) is 3.01. The molecule has 0 spiro atoms. The van der Waals surface area contributed by atoms with Crippen LogP contribution in [0.15, 0.2) is 29.3 Å². The summed E-state index contributed by atoms with van der Waals surface area (Å²) in [5.41, 5.74) is 0.623. The van der Waals surface area contributed by atoms with Crippen LogP contribution >= 0.6 is 0 Å². The molecule has 0 amide bonds. The van der Waals surface area contributed by atoms with Gasteiger partial charge in [0.25, 0.3) is 0 Å². The van der Waals surface area contributed by atoms with Gasteiger partial charge >= 0.3 is 6.61 Å². The number of para-hydroxylation sites is 1. The summed E-state index contributed by atoms with van der Waals surface area (Å²) in [4.78, 5) is 6.54. The number of alkyl halides is 2. The van der Waals surface area contributed by atoms with Gasteiger partial charge in [-0.05, 0) is 40.1 Å². The fourth-order valence-corrected chi connectivity index (χ4v) is 1.95. The lowest BCUT2D eigenvalue weighted by Crippen LogP contribution is -2.38. The molecule has 0 radical (unpaired) electrons. The summed E-state index contributed by atoms with van der Waals surface area (Å²) < 4.78 is 29.3. The molecule has 0 fully saturated rings. The fraction of sp³-hybridized carbons (Fsp3) is 0.562. The van der Waals surface area contributed by atoms with Crippen molar-refractivity contribution in [3.63, 3.8) is 0 Å². The molecule has 0 heterocycles. The molecule has 0 bridgehead atoms. The van der Waals surface area contributed by atoms with E-state index in [2.05, 4.69) is 25.3 Å². The lowest BCUT2D eigenvalue weighted by molar-refractivity contribution is -0.0504. The van der Waals surface area contributed by atoms with Crippen LogP contribution in [0.5, 0.6) is 5.75 Å². The molecule has 1 aromatic carbocycles. The smallest absolute Gasteiger partial charge is 0.387 e. The lowest BCUT2D eigenvalue weighted by Gasteiger charge is -2.14. The maximum atomic E-state index is 12.4. The molecular formula is C16H26F2N4O. The number of ether oxygens (including phenoxy) is 1. The minimum Gasteiger partial charge on any atom is -0.434 e. The molecule has 0 saturated carbocycles. The maximum absolute atomic E-state index is 12.4. The summed E-state index contributed by atoms with van der Waals surface area (Å²) >= 11 is 0. The first-order chi connectivity index (χ1) is 11.0. The van der Waals surface area contributed by atoms with E-state index in [1.807, 2.05) is 21.0 Å². The molecule has 0 unspecified atom stereocenters. The summed E-state index contributed by atoms with van der Waals surface area (Å²) in [7, 11) is 4.05. The Kier molecular flexibility index (Phi) is 8.97. The predicted molar refractivity (Wildman–Crippen MR) is 89.1 cm³/mol. The molecule has 0 aliphatic carbocycles. The molecule has 23 heavy (non-hydrogen) atoms. The van der Waals surface area contributed by atoms with E-state index < -0.39 is 6.61 Å². The van der Waals surface area contributed by atoms with E-state index in [9.17, 15) is 8.78 Å². The normalized spacial score (nSPS) is 11.9. The molecule has 0 saturated heterocycles. The van der Waals surface area contributed by atoms with Gasteiger partial charge in [-0.15, -0.1) is 0 Å². The number of hydrogen-bond acceptors (Lipinski definition) is 3. The van der Waals surface area contributed by atoms with Crippen molar-refractivity contribution in [1.29, 1.82) is 0 Å². The van der Waals surface area contributed by atoms with Crippen LogP contribution in [0, 0.1) is 0 Å². The van der Waals surface area contributed by atoms with Crippen molar-refractivity contribution in [3.8, 4) is 5.75 Å². The van der Waals surface area contributed by atoms with E-state index in [0.717, 1.165) is 26.1 Å². The Bertz CT molecular complexity index is 481. The van der Waals surface area contributed by atoms with Crippen LogP contribution in [0.3, 0.4) is 0 Å². The highest BCUT2D eigenvalue weighted by molar-refractivity contribution is 5.79. The van der Waals surface area contributed by atoms with Crippen LogP contribution in [-0.2, 0) is 6.54 Å². The average molecular weight is 328 g/mol. The second kappa shape index (κ2) is 10.8. The number of guanidine groups is 1. The van der Waals surface area contributed by atoms with Gasteiger partial charge in [-0.1, -0.05) is 18.2 Å². The fourth-order valence-electron chi connectivity index (χ4n) is 1.95. The highest BCUT2D eigenvalue weighted by atomic mass is 19.3. The van der Waals surface area contributed by atoms with Gasteiger partial charge in [0.2, 0.25) is 0 Å². The number of benzene rings is 1. The summed E-state index contributed by atoms with van der Waals surface area (Å²) in [6, 6.07) is 6.70. The van der Waals surface area contributed by atoms with Crippen LogP contribution < -0.4 is 15.4 Å². The number of nitrogens with one attached hydrogen (secondary N) is 2. The molecule has 7 heteroatoms. The SMILES string of the molecule is CCNC(=NCc1ccccc1OC(F)F)NCCCN(C)C. The van der Waals surface area contributed by atoms with E-state index in [4.69, 9.17) is 0 Å². The Hall–Kier alpha value is -1.89. The number of halogens is 2. The average Bonchev–Trinajstić information content (AvgIpc) is 2.49. The summed E-state index contributed by atoms with van der Waals surface area (Å²) in [6.07, 6.45) is 0.989. The molecule has 5 nitrogen and oxygen atoms in total. The summed E-state index contributed by atoms with van der Waals surface area (Å²) in [6.45, 7) is 1.92. The lowest BCUT2D eigenvalue weighted by atomic mass is 10.2. The van der Waals surface area contributed by atoms with Crippen LogP contribution in [-0.4, -0.2) is 51.2 Å². The Labute approximate surface area is 136 Å². The van der Waals surface area contributed by atoms with Gasteiger partial charge in [0.1, 0.15) is 5.75 Å². The maximum Gasteiger partial charge on any atom is 0.387 e. The largest absolute Gasteiger partial charge is 0.434 e. The van der Waals surface area contributed by atoms with Crippen LogP contribution in [0.25, 0.3) is 0 Å². The van der Waals surface area contributed by atoms with E-state index in [1.165, 1.54) is 6.07 Å². The Morgan fingerprint density at radius 1 is 1.26 bits per heavy atom. The van der Waals surface area contributed by atoms with Crippen molar-refractivity contribution in [3.05, 3.63) is 29.8 Å². The van der Waals surface area contributed by atoms with Gasteiger partial charge in [0, 0.05) is 18.7 Å². The minimum absolute atomic E-state index is 0.162. The molecule has 0 aliphatic rings. The molecule has 2 N–H and O–H groups in total. The van der Waals surface area contributed by atoms with E-state index >= 15 is 0 Å². The zero-order chi connectivity index (χ0) is 17.1. The number of rotatable bonds is 9. The monoisotopic (exact) mass is 328 g/mol. The van der Waals surface area contributed by atoms with Gasteiger partial charge in [-0.25, -0.2) is 4.99 Å². The second-order valence-electron chi connectivity index (χ2n) is 5.26. The first-order valence-corrected chi connectivity index (χ1v) is 7.72. The van der Waals surface area contributed by atoms with Crippen molar-refractivity contribution in [2.45, 2.75) is 26.5 Å². The summed E-state index contributed by atoms with van der Waals surface area (Å²) in [5.74, 6) is 0.827. The van der Waals surface area contributed by atoms with Gasteiger partial charge < -0.3 is 20.3 Å². The Morgan fingerprint density at radius 3 is 2.65 bits per heavy atom. The topological polar surface area (TPSA) is 48.9 Å². The van der Waals surface area contributed by atoms with Gasteiger partial charge in [-0.2, -0.15) is 8.78 Å².